The third-order valence-corrected chi connectivity index (χ3v) is 3.17. The number of aliphatic hydroxyl groups excluding tert-OH is 1. The number of benzene rings is 1. The maximum Gasteiger partial charge on any atom is 0.141 e. The molecule has 1 saturated carbocycles. The van der Waals surface area contributed by atoms with Crippen molar-refractivity contribution in [3.8, 4) is 6.07 Å². The number of nitriles is 1. The van der Waals surface area contributed by atoms with Gasteiger partial charge in [-0.15, -0.1) is 0 Å². The molecule has 0 aliphatic heterocycles. The van der Waals surface area contributed by atoms with Gasteiger partial charge in [0.15, 0.2) is 0 Å². The van der Waals surface area contributed by atoms with Gasteiger partial charge in [-0.05, 0) is 31.0 Å². The summed E-state index contributed by atoms with van der Waals surface area (Å²) in [5.41, 5.74) is 0.717. The van der Waals surface area contributed by atoms with Crippen LogP contribution in [-0.2, 0) is 0 Å². The van der Waals surface area contributed by atoms with Crippen LogP contribution in [0.4, 0.5) is 10.1 Å². The summed E-state index contributed by atoms with van der Waals surface area (Å²) in [6.07, 6.45) is 3.47. The van der Waals surface area contributed by atoms with Crippen molar-refractivity contribution < 1.29 is 9.50 Å². The van der Waals surface area contributed by atoms with Crippen LogP contribution in [0.5, 0.6) is 0 Å². The largest absolute Gasteiger partial charge is 0.391 e. The third kappa shape index (κ3) is 2.75. The molecule has 2 N–H and O–H groups in total. The molecule has 4 heteroatoms. The molecule has 17 heavy (non-hydrogen) atoms. The van der Waals surface area contributed by atoms with Crippen molar-refractivity contribution in [2.75, 3.05) is 5.32 Å². The van der Waals surface area contributed by atoms with Gasteiger partial charge in [0.05, 0.1) is 17.7 Å². The fourth-order valence-corrected chi connectivity index (χ4v) is 2.19. The Morgan fingerprint density at radius 1 is 1.35 bits per heavy atom. The molecule has 0 heterocycles. The number of nitrogens with zero attached hydrogens (tertiary/aromatic N) is 1. The van der Waals surface area contributed by atoms with Crippen LogP contribution in [0.2, 0.25) is 0 Å². The van der Waals surface area contributed by atoms with Gasteiger partial charge >= 0.3 is 0 Å². The highest BCUT2D eigenvalue weighted by Crippen LogP contribution is 2.23. The van der Waals surface area contributed by atoms with E-state index in [4.69, 9.17) is 5.26 Å². The van der Waals surface area contributed by atoms with E-state index in [1.54, 1.807) is 12.1 Å². The average molecular weight is 234 g/mol. The highest BCUT2D eigenvalue weighted by atomic mass is 19.1. The first kappa shape index (κ1) is 11.9. The van der Waals surface area contributed by atoms with Gasteiger partial charge in [0.25, 0.3) is 0 Å². The highest BCUT2D eigenvalue weighted by Gasteiger charge is 2.22. The summed E-state index contributed by atoms with van der Waals surface area (Å²) in [5, 5.41) is 21.7. The summed E-state index contributed by atoms with van der Waals surface area (Å²) in [6.45, 7) is 0. The molecule has 90 valence electrons. The lowest BCUT2D eigenvalue weighted by Crippen LogP contribution is -2.36. The number of halogens is 1. The van der Waals surface area contributed by atoms with Gasteiger partial charge in [-0.25, -0.2) is 4.39 Å². The van der Waals surface area contributed by atoms with Crippen LogP contribution in [-0.4, -0.2) is 17.3 Å². The standard InChI is InChI=1S/C13H15FN2O/c14-11-6-5-10(7-9(11)8-15)16-12-3-1-2-4-13(12)17/h5-7,12-13,16-17H,1-4H2/t12-,13-/m1/s1. The second-order valence-electron chi connectivity index (χ2n) is 4.41. The zero-order chi connectivity index (χ0) is 12.3. The van der Waals surface area contributed by atoms with Crippen molar-refractivity contribution in [2.24, 2.45) is 0 Å². The van der Waals surface area contributed by atoms with E-state index in [-0.39, 0.29) is 17.7 Å². The van der Waals surface area contributed by atoms with Crippen LogP contribution >= 0.6 is 0 Å². The van der Waals surface area contributed by atoms with E-state index >= 15 is 0 Å². The van der Waals surface area contributed by atoms with Gasteiger partial charge in [-0.3, -0.25) is 0 Å². The molecule has 3 nitrogen and oxygen atoms in total. The molecule has 1 aliphatic carbocycles. The van der Waals surface area contributed by atoms with Gasteiger partial charge in [-0.1, -0.05) is 12.8 Å². The van der Waals surface area contributed by atoms with E-state index in [0.29, 0.717) is 5.69 Å². The van der Waals surface area contributed by atoms with Gasteiger partial charge in [0.2, 0.25) is 0 Å². The fourth-order valence-electron chi connectivity index (χ4n) is 2.19. The topological polar surface area (TPSA) is 56.0 Å². The zero-order valence-corrected chi connectivity index (χ0v) is 9.49. The molecule has 0 unspecified atom stereocenters. The first-order valence-electron chi connectivity index (χ1n) is 5.85. The molecule has 1 aromatic carbocycles. The van der Waals surface area contributed by atoms with Gasteiger partial charge < -0.3 is 10.4 Å². The molecule has 2 rings (SSSR count). The molecule has 0 bridgehead atoms. The van der Waals surface area contributed by atoms with Crippen LogP contribution in [0.3, 0.4) is 0 Å². The lowest BCUT2D eigenvalue weighted by atomic mass is 9.92. The van der Waals surface area contributed by atoms with E-state index in [0.717, 1.165) is 25.7 Å². The highest BCUT2D eigenvalue weighted by molar-refractivity contribution is 5.50. The summed E-state index contributed by atoms with van der Waals surface area (Å²) < 4.78 is 13.1. The SMILES string of the molecule is N#Cc1cc(N[C@@H]2CCCC[C@H]2O)ccc1F. The zero-order valence-electron chi connectivity index (χ0n) is 9.49. The van der Waals surface area contributed by atoms with Crippen LogP contribution in [0, 0.1) is 17.1 Å². The Morgan fingerprint density at radius 3 is 2.82 bits per heavy atom. The summed E-state index contributed by atoms with van der Waals surface area (Å²) in [6, 6.07) is 6.16. The first-order chi connectivity index (χ1) is 8.20. The minimum atomic E-state index is -0.512. The minimum Gasteiger partial charge on any atom is -0.391 e. The molecule has 1 aromatic rings. The van der Waals surface area contributed by atoms with Gasteiger partial charge in [0.1, 0.15) is 11.9 Å². The molecule has 0 saturated heterocycles. The molecule has 0 amide bonds. The summed E-state index contributed by atoms with van der Waals surface area (Å²) in [7, 11) is 0. The number of anilines is 1. The second-order valence-corrected chi connectivity index (χ2v) is 4.41. The average Bonchev–Trinajstić information content (AvgIpc) is 2.34. The van der Waals surface area contributed by atoms with E-state index in [2.05, 4.69) is 5.32 Å². The van der Waals surface area contributed by atoms with Crippen molar-refractivity contribution in [2.45, 2.75) is 37.8 Å². The predicted molar refractivity (Wildman–Crippen MR) is 63.0 cm³/mol. The fraction of sp³-hybridized carbons (Fsp3) is 0.462. The van der Waals surface area contributed by atoms with E-state index in [1.165, 1.54) is 12.1 Å². The van der Waals surface area contributed by atoms with Crippen LogP contribution in [0.25, 0.3) is 0 Å². The van der Waals surface area contributed by atoms with Crippen molar-refractivity contribution in [3.63, 3.8) is 0 Å². The Balaban J connectivity index is 2.10. The number of rotatable bonds is 2. The lowest BCUT2D eigenvalue weighted by molar-refractivity contribution is 0.116. The van der Waals surface area contributed by atoms with Gasteiger partial charge in [0, 0.05) is 5.69 Å². The van der Waals surface area contributed by atoms with Crippen LogP contribution < -0.4 is 5.32 Å². The molecule has 0 radical (unpaired) electrons. The number of hydrogen-bond acceptors (Lipinski definition) is 3. The van der Waals surface area contributed by atoms with Crippen LogP contribution in [0.15, 0.2) is 18.2 Å². The van der Waals surface area contributed by atoms with E-state index in [1.807, 2.05) is 0 Å². The molecular weight excluding hydrogens is 219 g/mol. The monoisotopic (exact) mass is 234 g/mol. The first-order valence-corrected chi connectivity index (χ1v) is 5.85. The third-order valence-electron chi connectivity index (χ3n) is 3.17. The lowest BCUT2D eigenvalue weighted by Gasteiger charge is -2.29. The Labute approximate surface area is 99.9 Å². The van der Waals surface area contributed by atoms with E-state index in [9.17, 15) is 9.50 Å². The molecule has 1 aliphatic rings. The summed E-state index contributed by atoms with van der Waals surface area (Å²) >= 11 is 0. The van der Waals surface area contributed by atoms with Crippen molar-refractivity contribution in [1.29, 1.82) is 5.26 Å². The summed E-state index contributed by atoms with van der Waals surface area (Å²) in [4.78, 5) is 0. The number of aliphatic hydroxyl groups is 1. The Hall–Kier alpha value is -1.60. The molecular formula is C13H15FN2O. The van der Waals surface area contributed by atoms with Gasteiger partial charge in [-0.2, -0.15) is 5.26 Å². The maximum atomic E-state index is 13.1. The van der Waals surface area contributed by atoms with E-state index < -0.39 is 5.82 Å². The normalized spacial score (nSPS) is 24.1. The number of hydrogen-bond donors (Lipinski definition) is 2. The van der Waals surface area contributed by atoms with Crippen LogP contribution in [0.1, 0.15) is 31.2 Å². The molecule has 1 fully saturated rings. The summed E-state index contributed by atoms with van der Waals surface area (Å²) in [5.74, 6) is -0.512. The molecule has 0 aromatic heterocycles. The quantitative estimate of drug-likeness (QED) is 0.826. The second kappa shape index (κ2) is 5.15. The minimum absolute atomic E-state index is 0.000698. The number of nitrogens with one attached hydrogen (secondary N) is 1. The smallest absolute Gasteiger partial charge is 0.141 e. The van der Waals surface area contributed by atoms with Crippen molar-refractivity contribution >= 4 is 5.69 Å². The Bertz CT molecular complexity index is 442. The Morgan fingerprint density at radius 2 is 2.12 bits per heavy atom. The maximum absolute atomic E-state index is 13.1. The van der Waals surface area contributed by atoms with Crippen molar-refractivity contribution in [3.05, 3.63) is 29.6 Å². The van der Waals surface area contributed by atoms with Crippen molar-refractivity contribution in [1.82, 2.24) is 0 Å². The Kier molecular flexibility index (Phi) is 3.60. The molecule has 0 spiro atoms. The predicted octanol–water partition coefficient (Wildman–Crippen LogP) is 2.41. The molecule has 2 atom stereocenters.